The third-order valence-corrected chi connectivity index (χ3v) is 2.26. The molecule has 3 N–H and O–H groups in total. The number of hydrogen-bond acceptors (Lipinski definition) is 3. The zero-order chi connectivity index (χ0) is 15.6. The number of nitrogens with two attached hydrogens (primary N) is 1. The van der Waals surface area contributed by atoms with Crippen molar-refractivity contribution in [1.29, 1.82) is 0 Å². The van der Waals surface area contributed by atoms with Gasteiger partial charge in [0.05, 0.1) is 12.1 Å². The first-order chi connectivity index (χ1) is 9.05. The van der Waals surface area contributed by atoms with E-state index < -0.39 is 35.5 Å². The topological polar surface area (TPSA) is 64.3 Å². The average molecular weight is 290 g/mol. The summed E-state index contributed by atoms with van der Waals surface area (Å²) in [7, 11) is 0. The number of benzene rings is 1. The molecule has 4 nitrogen and oxygen atoms in total. The average Bonchev–Trinajstić information content (AvgIpc) is 2.29. The smallest absolute Gasteiger partial charge is 0.412 e. The van der Waals surface area contributed by atoms with Gasteiger partial charge in [0.1, 0.15) is 11.4 Å². The minimum atomic E-state index is -3.50. The summed E-state index contributed by atoms with van der Waals surface area (Å²) in [5.41, 5.74) is 3.32. The van der Waals surface area contributed by atoms with Gasteiger partial charge in [-0.2, -0.15) is 8.78 Å². The molecule has 7 heteroatoms. The number of halogens is 3. The summed E-state index contributed by atoms with van der Waals surface area (Å²) in [4.78, 5) is 11.5. The molecule has 0 spiro atoms. The molecule has 0 saturated carbocycles. The molecule has 1 aromatic rings. The van der Waals surface area contributed by atoms with Gasteiger partial charge in [0, 0.05) is 5.69 Å². The molecule has 0 fully saturated rings. The molecule has 0 heterocycles. The van der Waals surface area contributed by atoms with Crippen LogP contribution in [0.4, 0.5) is 23.7 Å². The minimum absolute atomic E-state index is 0.00350. The molecule has 0 aromatic heterocycles. The molecule has 0 bridgehead atoms. The molecular formula is C13H17F3N2O2. The van der Waals surface area contributed by atoms with Crippen LogP contribution in [-0.2, 0) is 10.7 Å². The summed E-state index contributed by atoms with van der Waals surface area (Å²) in [6.45, 7) is 3.95. The monoisotopic (exact) mass is 290 g/mol. The third-order valence-electron chi connectivity index (χ3n) is 2.26. The molecule has 112 valence electrons. The number of ether oxygens (including phenoxy) is 1. The van der Waals surface area contributed by atoms with Gasteiger partial charge in [0.2, 0.25) is 0 Å². The Labute approximate surface area is 115 Å². The zero-order valence-corrected chi connectivity index (χ0v) is 11.5. The highest BCUT2D eigenvalue weighted by atomic mass is 19.3. The molecule has 0 radical (unpaired) electrons. The summed E-state index contributed by atoms with van der Waals surface area (Å²) in [5.74, 6) is -4.59. The van der Waals surface area contributed by atoms with E-state index in [9.17, 15) is 18.0 Å². The van der Waals surface area contributed by atoms with E-state index in [4.69, 9.17) is 10.5 Å². The Morgan fingerprint density at radius 3 is 2.45 bits per heavy atom. The van der Waals surface area contributed by atoms with Crippen LogP contribution in [0.2, 0.25) is 0 Å². The largest absolute Gasteiger partial charge is 0.444 e. The van der Waals surface area contributed by atoms with Gasteiger partial charge < -0.3 is 10.5 Å². The van der Waals surface area contributed by atoms with Gasteiger partial charge in [0.15, 0.2) is 0 Å². The second kappa shape index (κ2) is 5.70. The zero-order valence-electron chi connectivity index (χ0n) is 11.5. The highest BCUT2D eigenvalue weighted by molar-refractivity contribution is 5.85. The number of hydrogen-bond donors (Lipinski definition) is 2. The van der Waals surface area contributed by atoms with Crippen LogP contribution >= 0.6 is 0 Å². The first kappa shape index (κ1) is 16.3. The van der Waals surface area contributed by atoms with Crippen molar-refractivity contribution in [2.75, 3.05) is 11.9 Å². The van der Waals surface area contributed by atoms with E-state index >= 15 is 0 Å². The number of nitrogens with one attached hydrogen (secondary N) is 1. The van der Waals surface area contributed by atoms with Crippen molar-refractivity contribution in [3.05, 3.63) is 29.6 Å². The lowest BCUT2D eigenvalue weighted by molar-refractivity contribution is 0.00240. The molecule has 1 rings (SSSR count). The normalized spacial score (nSPS) is 12.2. The minimum Gasteiger partial charge on any atom is -0.444 e. The van der Waals surface area contributed by atoms with E-state index in [0.717, 1.165) is 18.2 Å². The molecule has 20 heavy (non-hydrogen) atoms. The Hall–Kier alpha value is -1.76. The molecule has 0 aliphatic carbocycles. The van der Waals surface area contributed by atoms with Crippen LogP contribution in [-0.4, -0.2) is 18.2 Å². The van der Waals surface area contributed by atoms with E-state index in [-0.39, 0.29) is 5.69 Å². The maximum absolute atomic E-state index is 13.4. The quantitative estimate of drug-likeness (QED) is 0.898. The van der Waals surface area contributed by atoms with E-state index in [1.807, 2.05) is 0 Å². The summed E-state index contributed by atoms with van der Waals surface area (Å²) in [5, 5.41) is 2.26. The second-order valence-corrected chi connectivity index (χ2v) is 5.23. The van der Waals surface area contributed by atoms with Gasteiger partial charge in [-0.25, -0.2) is 9.18 Å². The van der Waals surface area contributed by atoms with Gasteiger partial charge in [-0.05, 0) is 39.0 Å². The predicted molar refractivity (Wildman–Crippen MR) is 69.2 cm³/mol. The lowest BCUT2D eigenvalue weighted by Crippen LogP contribution is -2.28. The fraction of sp³-hybridized carbons (Fsp3) is 0.462. The Bertz CT molecular complexity index is 499. The number of rotatable bonds is 3. The van der Waals surface area contributed by atoms with Crippen molar-refractivity contribution < 1.29 is 22.7 Å². The van der Waals surface area contributed by atoms with Crippen LogP contribution < -0.4 is 11.1 Å². The van der Waals surface area contributed by atoms with Gasteiger partial charge in [-0.1, -0.05) is 0 Å². The molecule has 0 atom stereocenters. The number of carbonyl (C=O) groups is 1. The third kappa shape index (κ3) is 4.41. The van der Waals surface area contributed by atoms with E-state index in [1.165, 1.54) is 0 Å². The van der Waals surface area contributed by atoms with Gasteiger partial charge in [-0.15, -0.1) is 0 Å². The summed E-state index contributed by atoms with van der Waals surface area (Å²) in [6, 6.07) is 2.84. The van der Waals surface area contributed by atoms with Crippen LogP contribution in [0.3, 0.4) is 0 Å². The van der Waals surface area contributed by atoms with E-state index in [0.29, 0.717) is 0 Å². The molecule has 0 aliphatic rings. The second-order valence-electron chi connectivity index (χ2n) is 5.23. The Balaban J connectivity index is 2.94. The van der Waals surface area contributed by atoms with Crippen molar-refractivity contribution in [3.63, 3.8) is 0 Å². The fourth-order valence-electron chi connectivity index (χ4n) is 1.41. The summed E-state index contributed by atoms with van der Waals surface area (Å²) < 4.78 is 45.2. The van der Waals surface area contributed by atoms with Crippen molar-refractivity contribution in [3.8, 4) is 0 Å². The maximum Gasteiger partial charge on any atom is 0.412 e. The lowest BCUT2D eigenvalue weighted by Gasteiger charge is -2.20. The van der Waals surface area contributed by atoms with Crippen LogP contribution in [0.5, 0.6) is 0 Å². The number of alkyl halides is 2. The summed E-state index contributed by atoms with van der Waals surface area (Å²) >= 11 is 0. The van der Waals surface area contributed by atoms with Gasteiger partial charge in [-0.3, -0.25) is 5.32 Å². The first-order valence-corrected chi connectivity index (χ1v) is 5.93. The highest BCUT2D eigenvalue weighted by Gasteiger charge is 2.33. The van der Waals surface area contributed by atoms with Crippen LogP contribution in [0.25, 0.3) is 0 Å². The molecule has 1 amide bonds. The molecule has 1 aromatic carbocycles. The van der Waals surface area contributed by atoms with E-state index in [2.05, 4.69) is 5.32 Å². The predicted octanol–water partition coefficient (Wildman–Crippen LogP) is 3.22. The van der Waals surface area contributed by atoms with Crippen LogP contribution in [0.15, 0.2) is 18.2 Å². The Morgan fingerprint density at radius 1 is 1.35 bits per heavy atom. The lowest BCUT2D eigenvalue weighted by atomic mass is 10.1. The summed E-state index contributed by atoms with van der Waals surface area (Å²) in [6.07, 6.45) is -0.814. The highest BCUT2D eigenvalue weighted by Crippen LogP contribution is 2.31. The van der Waals surface area contributed by atoms with Crippen LogP contribution in [0, 0.1) is 5.82 Å². The van der Waals surface area contributed by atoms with Crippen molar-refractivity contribution >= 4 is 11.8 Å². The molecule has 0 aliphatic heterocycles. The first-order valence-electron chi connectivity index (χ1n) is 5.93. The van der Waals surface area contributed by atoms with Gasteiger partial charge in [0.25, 0.3) is 5.92 Å². The maximum atomic E-state index is 13.4. The SMILES string of the molecule is CC(C)(C)OC(=O)Nc1ccc(F)c(C(F)(F)CN)c1. The Morgan fingerprint density at radius 2 is 1.95 bits per heavy atom. The van der Waals surface area contributed by atoms with Crippen molar-refractivity contribution in [1.82, 2.24) is 0 Å². The molecule has 0 unspecified atom stereocenters. The van der Waals surface area contributed by atoms with Crippen LogP contribution in [0.1, 0.15) is 26.3 Å². The Kier molecular flexibility index (Phi) is 4.65. The molecule has 0 saturated heterocycles. The number of anilines is 1. The fourth-order valence-corrected chi connectivity index (χ4v) is 1.41. The van der Waals surface area contributed by atoms with E-state index in [1.54, 1.807) is 20.8 Å². The van der Waals surface area contributed by atoms with Crippen molar-refractivity contribution in [2.24, 2.45) is 5.73 Å². The van der Waals surface area contributed by atoms with Gasteiger partial charge >= 0.3 is 6.09 Å². The number of carbonyl (C=O) groups excluding carboxylic acids is 1. The molecular weight excluding hydrogens is 273 g/mol. The number of amides is 1. The standard InChI is InChI=1S/C13H17F3N2O2/c1-12(2,3)20-11(19)18-8-4-5-10(14)9(6-8)13(15,16)7-17/h4-6H,7,17H2,1-3H3,(H,18,19). The van der Waals surface area contributed by atoms with Crippen molar-refractivity contribution in [2.45, 2.75) is 32.3 Å².